The second kappa shape index (κ2) is 10.5. The number of ether oxygens (including phenoxy) is 4. The van der Waals surface area contributed by atoms with Crippen molar-refractivity contribution < 1.29 is 28.8 Å². The van der Waals surface area contributed by atoms with Gasteiger partial charge < -0.3 is 28.6 Å². The van der Waals surface area contributed by atoms with Crippen LogP contribution in [0.25, 0.3) is 11.2 Å². The Morgan fingerprint density at radius 3 is 2.70 bits per heavy atom. The molecule has 3 aromatic rings. The van der Waals surface area contributed by atoms with E-state index >= 15 is 0 Å². The number of imidazole rings is 1. The summed E-state index contributed by atoms with van der Waals surface area (Å²) in [5, 5.41) is 14.1. The summed E-state index contributed by atoms with van der Waals surface area (Å²) in [6.45, 7) is 9.19. The van der Waals surface area contributed by atoms with Gasteiger partial charge in [-0.3, -0.25) is 10.1 Å². The quantitative estimate of drug-likeness (QED) is 0.445. The van der Waals surface area contributed by atoms with Crippen molar-refractivity contribution in [2.45, 2.75) is 63.3 Å². The molecule has 0 aliphatic carbocycles. The molecule has 2 N–H and O–H groups in total. The van der Waals surface area contributed by atoms with Gasteiger partial charge in [0.2, 0.25) is 17.7 Å². The minimum atomic E-state index is -1.33. The molecular formula is C25H33N5O6Si. The van der Waals surface area contributed by atoms with Crippen LogP contribution in [0.5, 0.6) is 5.88 Å². The predicted octanol–water partition coefficient (Wildman–Crippen LogP) is 2.92. The van der Waals surface area contributed by atoms with Gasteiger partial charge in [0.05, 0.1) is 32.2 Å². The number of aliphatic hydroxyl groups is 1. The summed E-state index contributed by atoms with van der Waals surface area (Å²) in [5.41, 5.74) is 1.75. The van der Waals surface area contributed by atoms with Crippen LogP contribution in [-0.4, -0.2) is 76.7 Å². The van der Waals surface area contributed by atoms with Gasteiger partial charge in [-0.05, 0) is 6.04 Å². The highest BCUT2D eigenvalue weighted by Gasteiger charge is 2.46. The normalized spacial score (nSPS) is 26.0. The van der Waals surface area contributed by atoms with Gasteiger partial charge in [0, 0.05) is 20.6 Å². The number of fused-ring (bicyclic) bond motifs is 2. The molecule has 2 aliphatic rings. The molecule has 11 nitrogen and oxygen atoms in total. The summed E-state index contributed by atoms with van der Waals surface area (Å²) in [6.07, 6.45) is -0.931. The van der Waals surface area contributed by atoms with E-state index in [9.17, 15) is 9.90 Å². The lowest BCUT2D eigenvalue weighted by atomic mass is 9.97. The molecule has 0 saturated carbocycles. The van der Waals surface area contributed by atoms with Gasteiger partial charge in [0.25, 0.3) is 0 Å². The Balaban J connectivity index is 1.43. The molecule has 5 rings (SSSR count). The van der Waals surface area contributed by atoms with Gasteiger partial charge in [-0.2, -0.15) is 9.97 Å². The van der Waals surface area contributed by atoms with Crippen molar-refractivity contribution in [3.63, 3.8) is 0 Å². The molecule has 2 fully saturated rings. The zero-order valence-corrected chi connectivity index (χ0v) is 22.5. The lowest BCUT2D eigenvalue weighted by Crippen LogP contribution is -2.56. The summed E-state index contributed by atoms with van der Waals surface area (Å²) in [7, 11) is -1.33. The molecule has 2 aliphatic heterocycles. The van der Waals surface area contributed by atoms with Gasteiger partial charge in [-0.25, -0.2) is 4.98 Å². The van der Waals surface area contributed by atoms with Crippen LogP contribution in [-0.2, 0) is 19.0 Å². The van der Waals surface area contributed by atoms with Crippen molar-refractivity contribution in [1.29, 1.82) is 0 Å². The number of nitrogens with zero attached hydrogens (tertiary/aromatic N) is 4. The van der Waals surface area contributed by atoms with E-state index < -0.39 is 38.7 Å². The summed E-state index contributed by atoms with van der Waals surface area (Å²) >= 11 is 0. The number of carbonyl (C=O) groups excluding carboxylic acids is 1. The topological polar surface area (TPSA) is 130 Å². The fourth-order valence-electron chi connectivity index (χ4n) is 4.46. The fraction of sp³-hybridized carbons (Fsp3) is 0.520. The number of anilines is 1. The molecule has 0 radical (unpaired) electrons. The SMILES string of the molecule is CC(=O)Nc1nc(OCC[Si](C)(C)C)c2ncn([C@@H]3CO[C@@H]4CO[C@@H](c5ccccc5)O[C@H]4[C@H]3O)c2n1. The second-order valence-corrected chi connectivity index (χ2v) is 16.2. The maximum Gasteiger partial charge on any atom is 0.247 e. The Hall–Kier alpha value is -2.90. The third-order valence-corrected chi connectivity index (χ3v) is 8.17. The number of amides is 1. The van der Waals surface area contributed by atoms with Gasteiger partial charge >= 0.3 is 0 Å². The number of aromatic nitrogens is 4. The lowest BCUT2D eigenvalue weighted by Gasteiger charge is -2.45. The monoisotopic (exact) mass is 527 g/mol. The van der Waals surface area contributed by atoms with E-state index in [-0.39, 0.29) is 18.5 Å². The van der Waals surface area contributed by atoms with E-state index in [2.05, 4.69) is 39.9 Å². The first-order valence-electron chi connectivity index (χ1n) is 12.5. The second-order valence-electron chi connectivity index (χ2n) is 10.6. The molecular weight excluding hydrogens is 494 g/mol. The van der Waals surface area contributed by atoms with Crippen molar-refractivity contribution in [3.05, 3.63) is 42.2 Å². The molecule has 5 atom stereocenters. The molecule has 4 heterocycles. The smallest absolute Gasteiger partial charge is 0.247 e. The van der Waals surface area contributed by atoms with Crippen LogP contribution in [0, 0.1) is 0 Å². The minimum absolute atomic E-state index is 0.111. The molecule has 198 valence electrons. The summed E-state index contributed by atoms with van der Waals surface area (Å²) in [6, 6.07) is 10.0. The number of nitrogens with one attached hydrogen (secondary N) is 1. The minimum Gasteiger partial charge on any atom is -0.476 e. The molecule has 1 amide bonds. The fourth-order valence-corrected chi connectivity index (χ4v) is 5.18. The number of hydrogen-bond acceptors (Lipinski definition) is 9. The summed E-state index contributed by atoms with van der Waals surface area (Å²) < 4.78 is 25.8. The maximum atomic E-state index is 11.8. The highest BCUT2D eigenvalue weighted by atomic mass is 28.3. The van der Waals surface area contributed by atoms with E-state index in [1.54, 1.807) is 10.9 Å². The lowest BCUT2D eigenvalue weighted by molar-refractivity contribution is -0.306. The van der Waals surface area contributed by atoms with Crippen LogP contribution in [0.15, 0.2) is 36.7 Å². The van der Waals surface area contributed by atoms with E-state index in [4.69, 9.17) is 18.9 Å². The molecule has 0 spiro atoms. The van der Waals surface area contributed by atoms with Crippen molar-refractivity contribution >= 4 is 31.1 Å². The third kappa shape index (κ3) is 5.68. The van der Waals surface area contributed by atoms with E-state index in [1.165, 1.54) is 6.92 Å². The van der Waals surface area contributed by atoms with Crippen LogP contribution < -0.4 is 10.1 Å². The zero-order valence-electron chi connectivity index (χ0n) is 21.5. The molecule has 1 aromatic carbocycles. The van der Waals surface area contributed by atoms with Crippen molar-refractivity contribution in [1.82, 2.24) is 19.5 Å². The van der Waals surface area contributed by atoms with E-state index in [0.717, 1.165) is 11.6 Å². The third-order valence-electron chi connectivity index (χ3n) is 6.47. The molecule has 37 heavy (non-hydrogen) atoms. The Bertz CT molecular complexity index is 1250. The van der Waals surface area contributed by atoms with Gasteiger partial charge in [0.1, 0.15) is 18.3 Å². The standard InChI is InChI=1S/C25H33N5O6Si/c1-15(31)27-25-28-22-19(23(29-25)33-10-11-37(2,3)4)26-14-30(22)17-12-34-18-13-35-24(36-21(18)20(17)32)16-8-6-5-7-9-16/h5-9,14,17-18,20-21,24,32H,10-13H2,1-4H3,(H,27,28,29,31)/t17-,18-,20+,21-,24-/m1/s1. The van der Waals surface area contributed by atoms with Crippen molar-refractivity contribution in [3.8, 4) is 5.88 Å². The number of benzene rings is 1. The molecule has 2 aromatic heterocycles. The van der Waals surface area contributed by atoms with Crippen LogP contribution in [0.4, 0.5) is 5.95 Å². The summed E-state index contributed by atoms with van der Waals surface area (Å²) in [4.78, 5) is 25.2. The summed E-state index contributed by atoms with van der Waals surface area (Å²) in [5.74, 6) is 0.103. The maximum absolute atomic E-state index is 11.8. The zero-order chi connectivity index (χ0) is 26.2. The number of rotatable bonds is 7. The van der Waals surface area contributed by atoms with Gasteiger partial charge in [-0.1, -0.05) is 50.0 Å². The highest BCUT2D eigenvalue weighted by Crippen LogP contribution is 2.37. The first-order chi connectivity index (χ1) is 17.7. The average Bonchev–Trinajstić information content (AvgIpc) is 3.27. The number of carbonyl (C=O) groups is 1. The largest absolute Gasteiger partial charge is 0.476 e. The first kappa shape index (κ1) is 25.7. The first-order valence-corrected chi connectivity index (χ1v) is 16.2. The van der Waals surface area contributed by atoms with E-state index in [1.807, 2.05) is 30.3 Å². The van der Waals surface area contributed by atoms with Crippen LogP contribution >= 0.6 is 0 Å². The average molecular weight is 528 g/mol. The molecule has 2 saturated heterocycles. The molecule has 12 heteroatoms. The van der Waals surface area contributed by atoms with Crippen LogP contribution in [0.1, 0.15) is 24.8 Å². The number of aliphatic hydroxyl groups excluding tert-OH is 1. The van der Waals surface area contributed by atoms with Crippen LogP contribution in [0.3, 0.4) is 0 Å². The highest BCUT2D eigenvalue weighted by molar-refractivity contribution is 6.76. The van der Waals surface area contributed by atoms with E-state index in [0.29, 0.717) is 30.3 Å². The molecule has 0 unspecified atom stereocenters. The Morgan fingerprint density at radius 2 is 1.97 bits per heavy atom. The predicted molar refractivity (Wildman–Crippen MR) is 138 cm³/mol. The van der Waals surface area contributed by atoms with Crippen molar-refractivity contribution in [2.24, 2.45) is 0 Å². The van der Waals surface area contributed by atoms with Crippen LogP contribution in [0.2, 0.25) is 25.7 Å². The van der Waals surface area contributed by atoms with Gasteiger partial charge in [0.15, 0.2) is 17.5 Å². The Kier molecular flexibility index (Phi) is 7.27. The Morgan fingerprint density at radius 1 is 1.19 bits per heavy atom. The molecule has 0 bridgehead atoms. The van der Waals surface area contributed by atoms with Crippen molar-refractivity contribution in [2.75, 3.05) is 25.1 Å². The number of hydrogen-bond donors (Lipinski definition) is 2. The Labute approximate surface area is 216 Å². The van der Waals surface area contributed by atoms with Gasteiger partial charge in [-0.15, -0.1) is 0 Å².